The van der Waals surface area contributed by atoms with Gasteiger partial charge < -0.3 is 19.9 Å². The van der Waals surface area contributed by atoms with E-state index in [4.69, 9.17) is 4.74 Å². The summed E-state index contributed by atoms with van der Waals surface area (Å²) in [6.07, 6.45) is 4.82. The minimum Gasteiger partial charge on any atom is -0.383 e. The quantitative estimate of drug-likeness (QED) is 0.766. The van der Waals surface area contributed by atoms with E-state index in [-0.39, 0.29) is 6.03 Å². The minimum absolute atomic E-state index is 0.0248. The molecule has 0 bridgehead atoms. The summed E-state index contributed by atoms with van der Waals surface area (Å²) in [6.45, 7) is 7.56. The third kappa shape index (κ3) is 5.45. The van der Waals surface area contributed by atoms with E-state index in [0.29, 0.717) is 32.3 Å². The number of methoxy groups -OCH3 is 1. The topological polar surface area (TPSA) is 62.6 Å². The summed E-state index contributed by atoms with van der Waals surface area (Å²) >= 11 is 0. The van der Waals surface area contributed by atoms with Crippen LogP contribution >= 0.6 is 0 Å². The van der Waals surface area contributed by atoms with Gasteiger partial charge in [-0.3, -0.25) is 4.68 Å². The maximum atomic E-state index is 12.7. The molecule has 7 nitrogen and oxygen atoms in total. The van der Waals surface area contributed by atoms with Crippen LogP contribution in [0.25, 0.3) is 0 Å². The van der Waals surface area contributed by atoms with Crippen molar-refractivity contribution in [3.05, 3.63) is 17.0 Å². The van der Waals surface area contributed by atoms with Gasteiger partial charge in [-0.2, -0.15) is 5.10 Å². The van der Waals surface area contributed by atoms with Gasteiger partial charge in [0, 0.05) is 44.5 Å². The first kappa shape index (κ1) is 20.7. The fraction of sp³-hybridized carbons (Fsp3) is 0.789. The number of nitrogens with one attached hydrogen (secondary N) is 1. The molecule has 2 heterocycles. The molecule has 2 amide bonds. The molecule has 0 aliphatic carbocycles. The van der Waals surface area contributed by atoms with Gasteiger partial charge >= 0.3 is 6.03 Å². The molecule has 0 spiro atoms. The van der Waals surface area contributed by atoms with Crippen LogP contribution in [-0.2, 0) is 18.3 Å². The molecule has 0 aromatic carbocycles. The second-order valence-electron chi connectivity index (χ2n) is 7.34. The average Bonchev–Trinajstić information content (AvgIpc) is 2.85. The van der Waals surface area contributed by atoms with E-state index in [2.05, 4.69) is 22.4 Å². The number of aromatic nitrogens is 2. The minimum atomic E-state index is -0.0248. The fourth-order valence-corrected chi connectivity index (χ4v) is 3.66. The van der Waals surface area contributed by atoms with Crippen molar-refractivity contribution in [1.82, 2.24) is 24.9 Å². The van der Waals surface area contributed by atoms with Crippen molar-refractivity contribution in [3.8, 4) is 0 Å². The highest BCUT2D eigenvalue weighted by Gasteiger charge is 2.21. The van der Waals surface area contributed by atoms with Crippen LogP contribution in [0.15, 0.2) is 0 Å². The van der Waals surface area contributed by atoms with Crippen LogP contribution in [0.3, 0.4) is 0 Å². The van der Waals surface area contributed by atoms with Crippen LogP contribution in [0.4, 0.5) is 4.79 Å². The lowest BCUT2D eigenvalue weighted by molar-refractivity contribution is 0.144. The average molecular weight is 366 g/mol. The van der Waals surface area contributed by atoms with Crippen molar-refractivity contribution < 1.29 is 9.53 Å². The Kier molecular flexibility index (Phi) is 7.90. The molecule has 0 saturated carbocycles. The molecule has 1 aliphatic rings. The standard InChI is InChI=1S/C19H35N5O2/c1-15-18(16(2)23(4)21-15)14-24(12-13-26-5)19(25)20-10-9-17-8-6-7-11-22(17)3/h17H,6-14H2,1-5H3,(H,20,25). The number of carbonyl (C=O) groups excluding carboxylic acids is 1. The van der Waals surface area contributed by atoms with Gasteiger partial charge in [-0.25, -0.2) is 4.79 Å². The summed E-state index contributed by atoms with van der Waals surface area (Å²) < 4.78 is 7.06. The van der Waals surface area contributed by atoms with Gasteiger partial charge in [0.1, 0.15) is 0 Å². The lowest BCUT2D eigenvalue weighted by atomic mass is 10.0. The zero-order valence-corrected chi connectivity index (χ0v) is 17.0. The summed E-state index contributed by atoms with van der Waals surface area (Å²) in [5.74, 6) is 0. The van der Waals surface area contributed by atoms with E-state index < -0.39 is 0 Å². The van der Waals surface area contributed by atoms with Crippen LogP contribution in [0.5, 0.6) is 0 Å². The van der Waals surface area contributed by atoms with E-state index in [1.807, 2.05) is 30.5 Å². The van der Waals surface area contributed by atoms with E-state index in [9.17, 15) is 4.79 Å². The van der Waals surface area contributed by atoms with Crippen molar-refractivity contribution in [2.75, 3.05) is 40.4 Å². The number of hydrogen-bond acceptors (Lipinski definition) is 4. The number of piperidine rings is 1. The monoisotopic (exact) mass is 365 g/mol. The number of likely N-dealkylation sites (tertiary alicyclic amines) is 1. The molecule has 7 heteroatoms. The molecule has 1 aromatic heterocycles. The number of carbonyl (C=O) groups is 1. The molecule has 0 radical (unpaired) electrons. The summed E-state index contributed by atoms with van der Waals surface area (Å²) in [7, 11) is 5.78. The summed E-state index contributed by atoms with van der Waals surface area (Å²) in [6, 6.07) is 0.558. The number of hydrogen-bond donors (Lipinski definition) is 1. The Hall–Kier alpha value is -1.60. The van der Waals surface area contributed by atoms with Crippen LogP contribution < -0.4 is 5.32 Å². The van der Waals surface area contributed by atoms with Gasteiger partial charge in [0.25, 0.3) is 0 Å². The molecule has 1 saturated heterocycles. The third-order valence-corrected chi connectivity index (χ3v) is 5.54. The normalized spacial score (nSPS) is 18.1. The van der Waals surface area contributed by atoms with E-state index >= 15 is 0 Å². The van der Waals surface area contributed by atoms with Gasteiger partial charge in [0.05, 0.1) is 18.8 Å². The Morgan fingerprint density at radius 1 is 1.35 bits per heavy atom. The first-order valence-corrected chi connectivity index (χ1v) is 9.65. The number of rotatable bonds is 8. The number of ether oxygens (including phenoxy) is 1. The molecule has 148 valence electrons. The number of nitrogens with zero attached hydrogens (tertiary/aromatic N) is 4. The molecule has 2 rings (SSSR count). The lowest BCUT2D eigenvalue weighted by Crippen LogP contribution is -2.44. The Balaban J connectivity index is 1.91. The van der Waals surface area contributed by atoms with E-state index in [1.165, 1.54) is 19.3 Å². The van der Waals surface area contributed by atoms with Gasteiger partial charge in [-0.1, -0.05) is 6.42 Å². The maximum Gasteiger partial charge on any atom is 0.317 e. The van der Waals surface area contributed by atoms with Crippen LogP contribution in [0, 0.1) is 13.8 Å². The van der Waals surface area contributed by atoms with E-state index in [1.54, 1.807) is 7.11 Å². The number of amides is 2. The first-order chi connectivity index (χ1) is 12.4. The summed E-state index contributed by atoms with van der Waals surface area (Å²) in [5, 5.41) is 7.56. The van der Waals surface area contributed by atoms with Crippen molar-refractivity contribution in [1.29, 1.82) is 0 Å². The van der Waals surface area contributed by atoms with Gasteiger partial charge in [-0.15, -0.1) is 0 Å². The zero-order chi connectivity index (χ0) is 19.1. The summed E-state index contributed by atoms with van der Waals surface area (Å²) in [5.41, 5.74) is 3.19. The Labute approximate surface area is 157 Å². The second kappa shape index (κ2) is 9.92. The van der Waals surface area contributed by atoms with Crippen LogP contribution in [0.1, 0.15) is 42.6 Å². The largest absolute Gasteiger partial charge is 0.383 e. The SMILES string of the molecule is COCCN(Cc1c(C)nn(C)c1C)C(=O)NCCC1CCCCN1C. The molecule has 1 atom stereocenters. The highest BCUT2D eigenvalue weighted by atomic mass is 16.5. The van der Waals surface area contributed by atoms with Gasteiger partial charge in [0.15, 0.2) is 0 Å². The van der Waals surface area contributed by atoms with Crippen molar-refractivity contribution in [3.63, 3.8) is 0 Å². The molecule has 1 N–H and O–H groups in total. The van der Waals surface area contributed by atoms with Crippen molar-refractivity contribution in [2.24, 2.45) is 7.05 Å². The third-order valence-electron chi connectivity index (χ3n) is 5.54. The molecule has 1 fully saturated rings. The van der Waals surface area contributed by atoms with Gasteiger partial charge in [-0.05, 0) is 46.7 Å². The van der Waals surface area contributed by atoms with Gasteiger partial charge in [0.2, 0.25) is 0 Å². The van der Waals surface area contributed by atoms with Crippen molar-refractivity contribution in [2.45, 2.75) is 52.1 Å². The first-order valence-electron chi connectivity index (χ1n) is 9.65. The highest BCUT2D eigenvalue weighted by molar-refractivity contribution is 5.74. The molecular formula is C19H35N5O2. The Bertz CT molecular complexity index is 587. The molecule has 1 unspecified atom stereocenters. The fourth-order valence-electron chi connectivity index (χ4n) is 3.66. The maximum absolute atomic E-state index is 12.7. The van der Waals surface area contributed by atoms with Crippen LogP contribution in [0.2, 0.25) is 0 Å². The Morgan fingerprint density at radius 2 is 2.12 bits per heavy atom. The molecule has 1 aliphatic heterocycles. The molecule has 1 aromatic rings. The number of aryl methyl sites for hydroxylation is 2. The second-order valence-corrected chi connectivity index (χ2v) is 7.34. The predicted octanol–water partition coefficient (Wildman–Crippen LogP) is 2.07. The summed E-state index contributed by atoms with van der Waals surface area (Å²) in [4.78, 5) is 17.0. The number of urea groups is 1. The van der Waals surface area contributed by atoms with Crippen molar-refractivity contribution >= 4 is 6.03 Å². The zero-order valence-electron chi connectivity index (χ0n) is 17.0. The smallest absolute Gasteiger partial charge is 0.317 e. The van der Waals surface area contributed by atoms with Crippen LogP contribution in [-0.4, -0.2) is 72.1 Å². The molecule has 26 heavy (non-hydrogen) atoms. The Morgan fingerprint density at radius 3 is 2.73 bits per heavy atom. The predicted molar refractivity (Wildman–Crippen MR) is 103 cm³/mol. The highest BCUT2D eigenvalue weighted by Crippen LogP contribution is 2.17. The molecular weight excluding hydrogens is 330 g/mol. The lowest BCUT2D eigenvalue weighted by Gasteiger charge is -2.32. The van der Waals surface area contributed by atoms with E-state index in [0.717, 1.165) is 29.9 Å².